The van der Waals surface area contributed by atoms with E-state index in [0.717, 1.165) is 19.4 Å². The second-order valence-electron chi connectivity index (χ2n) is 4.31. The van der Waals surface area contributed by atoms with E-state index < -0.39 is 0 Å². The molecule has 0 aromatic carbocycles. The summed E-state index contributed by atoms with van der Waals surface area (Å²) >= 11 is 0. The van der Waals surface area contributed by atoms with Crippen LogP contribution in [-0.2, 0) is 6.42 Å². The van der Waals surface area contributed by atoms with Gasteiger partial charge >= 0.3 is 0 Å². The molecule has 3 N–H and O–H groups in total. The second kappa shape index (κ2) is 4.74. The molecule has 0 aliphatic heterocycles. The summed E-state index contributed by atoms with van der Waals surface area (Å²) in [6.07, 6.45) is 4.01. The molecule has 2 rings (SSSR count). The van der Waals surface area contributed by atoms with Crippen LogP contribution in [0.25, 0.3) is 0 Å². The number of hydrogen-bond acceptors (Lipinski definition) is 4. The summed E-state index contributed by atoms with van der Waals surface area (Å²) in [7, 11) is 0. The number of nitrogens with zero attached hydrogens (tertiary/aromatic N) is 2. The highest BCUT2D eigenvalue weighted by molar-refractivity contribution is 5.37. The maximum Gasteiger partial charge on any atom is 0.186 e. The van der Waals surface area contributed by atoms with Crippen molar-refractivity contribution in [3.05, 3.63) is 17.8 Å². The molecule has 0 atom stereocenters. The Labute approximate surface area is 94.5 Å². The highest BCUT2D eigenvalue weighted by atomic mass is 19.1. The number of aryl methyl sites for hydroxylation is 1. The molecular weight excluding hydrogens is 207 g/mol. The molecule has 5 heteroatoms. The molecule has 1 aliphatic rings. The fourth-order valence-corrected chi connectivity index (χ4v) is 1.97. The lowest BCUT2D eigenvalue weighted by Gasteiger charge is -2.32. The normalized spacial score (nSPS) is 23.9. The molecule has 88 valence electrons. The molecule has 1 aliphatic carbocycles. The van der Waals surface area contributed by atoms with E-state index in [-0.39, 0.29) is 5.82 Å². The molecule has 0 amide bonds. The minimum atomic E-state index is -0.325. The standard InChI is InChI=1S/C11H17FN4/c1-2-9-10(12)11(16-6-15-9)14-5-7-3-8(13)4-7/h6-8H,2-5,13H2,1H3,(H,14,15,16). The second-order valence-corrected chi connectivity index (χ2v) is 4.31. The van der Waals surface area contributed by atoms with Gasteiger partial charge in [-0.1, -0.05) is 6.92 Å². The summed E-state index contributed by atoms with van der Waals surface area (Å²) in [5, 5.41) is 3.03. The molecule has 0 radical (unpaired) electrons. The van der Waals surface area contributed by atoms with Crippen LogP contribution in [0.15, 0.2) is 6.33 Å². The van der Waals surface area contributed by atoms with Gasteiger partial charge in [0.05, 0.1) is 5.69 Å². The van der Waals surface area contributed by atoms with Gasteiger partial charge in [-0.3, -0.25) is 0 Å². The number of hydrogen-bond donors (Lipinski definition) is 2. The van der Waals surface area contributed by atoms with Crippen LogP contribution in [0.3, 0.4) is 0 Å². The smallest absolute Gasteiger partial charge is 0.186 e. The van der Waals surface area contributed by atoms with Crippen molar-refractivity contribution in [1.29, 1.82) is 0 Å². The molecule has 1 aromatic rings. The van der Waals surface area contributed by atoms with Crippen LogP contribution in [0, 0.1) is 11.7 Å². The zero-order valence-electron chi connectivity index (χ0n) is 9.41. The summed E-state index contributed by atoms with van der Waals surface area (Å²) in [5.41, 5.74) is 6.15. The zero-order valence-corrected chi connectivity index (χ0v) is 9.41. The lowest BCUT2D eigenvalue weighted by molar-refractivity contribution is 0.279. The van der Waals surface area contributed by atoms with Crippen molar-refractivity contribution in [1.82, 2.24) is 9.97 Å². The Morgan fingerprint density at radius 2 is 2.25 bits per heavy atom. The highest BCUT2D eigenvalue weighted by Crippen LogP contribution is 2.26. The van der Waals surface area contributed by atoms with Gasteiger partial charge in [0.15, 0.2) is 11.6 Å². The number of halogens is 1. The van der Waals surface area contributed by atoms with Gasteiger partial charge in [0.25, 0.3) is 0 Å². The topological polar surface area (TPSA) is 63.8 Å². The quantitative estimate of drug-likeness (QED) is 0.809. The van der Waals surface area contributed by atoms with Crippen LogP contribution in [0.4, 0.5) is 10.2 Å². The minimum Gasteiger partial charge on any atom is -0.367 e. The molecule has 16 heavy (non-hydrogen) atoms. The Morgan fingerprint density at radius 3 is 2.88 bits per heavy atom. The van der Waals surface area contributed by atoms with Gasteiger partial charge in [0.2, 0.25) is 0 Å². The minimum absolute atomic E-state index is 0.312. The Kier molecular flexibility index (Phi) is 3.33. The fourth-order valence-electron chi connectivity index (χ4n) is 1.97. The Morgan fingerprint density at radius 1 is 1.50 bits per heavy atom. The summed E-state index contributed by atoms with van der Waals surface area (Å²) in [4.78, 5) is 7.79. The molecule has 1 saturated carbocycles. The van der Waals surface area contributed by atoms with Crippen molar-refractivity contribution in [2.24, 2.45) is 11.7 Å². The number of anilines is 1. The van der Waals surface area contributed by atoms with Crippen LogP contribution in [0.2, 0.25) is 0 Å². The Hall–Kier alpha value is -1.23. The van der Waals surface area contributed by atoms with Gasteiger partial charge < -0.3 is 11.1 Å². The Balaban J connectivity index is 1.93. The van der Waals surface area contributed by atoms with Gasteiger partial charge in [0, 0.05) is 12.6 Å². The first-order valence-electron chi connectivity index (χ1n) is 5.69. The maximum atomic E-state index is 13.7. The van der Waals surface area contributed by atoms with Crippen molar-refractivity contribution in [3.8, 4) is 0 Å². The first-order chi connectivity index (χ1) is 7.70. The molecule has 1 fully saturated rings. The number of nitrogens with one attached hydrogen (secondary N) is 1. The van der Waals surface area contributed by atoms with E-state index in [1.54, 1.807) is 0 Å². The molecule has 0 bridgehead atoms. The lowest BCUT2D eigenvalue weighted by atomic mass is 9.81. The van der Waals surface area contributed by atoms with Gasteiger partial charge in [-0.15, -0.1) is 0 Å². The third kappa shape index (κ3) is 2.29. The lowest BCUT2D eigenvalue weighted by Crippen LogP contribution is -2.39. The summed E-state index contributed by atoms with van der Waals surface area (Å²) in [5.74, 6) is 0.537. The largest absolute Gasteiger partial charge is 0.367 e. The predicted octanol–water partition coefficient (Wildman–Crippen LogP) is 1.33. The van der Waals surface area contributed by atoms with E-state index in [1.807, 2.05) is 6.92 Å². The summed E-state index contributed by atoms with van der Waals surface area (Å²) in [6, 6.07) is 0.327. The third-order valence-corrected chi connectivity index (χ3v) is 3.03. The average molecular weight is 224 g/mol. The Bertz CT molecular complexity index is 363. The first-order valence-corrected chi connectivity index (χ1v) is 5.69. The van der Waals surface area contributed by atoms with Crippen molar-refractivity contribution in [2.75, 3.05) is 11.9 Å². The van der Waals surface area contributed by atoms with E-state index in [1.165, 1.54) is 6.33 Å². The molecule has 1 heterocycles. The highest BCUT2D eigenvalue weighted by Gasteiger charge is 2.25. The van der Waals surface area contributed by atoms with Crippen molar-refractivity contribution in [3.63, 3.8) is 0 Å². The number of nitrogens with two attached hydrogens (primary N) is 1. The van der Waals surface area contributed by atoms with E-state index in [9.17, 15) is 4.39 Å². The van der Waals surface area contributed by atoms with Crippen LogP contribution in [0.5, 0.6) is 0 Å². The summed E-state index contributed by atoms with van der Waals surface area (Å²) in [6.45, 7) is 2.62. The van der Waals surface area contributed by atoms with E-state index >= 15 is 0 Å². The van der Waals surface area contributed by atoms with Crippen LogP contribution >= 0.6 is 0 Å². The molecule has 0 spiro atoms. The van der Waals surface area contributed by atoms with Crippen molar-refractivity contribution >= 4 is 5.82 Å². The molecule has 0 unspecified atom stereocenters. The molecular formula is C11H17FN4. The van der Waals surface area contributed by atoms with Gasteiger partial charge in [0.1, 0.15) is 6.33 Å². The molecule has 1 aromatic heterocycles. The van der Waals surface area contributed by atoms with Gasteiger partial charge in [-0.05, 0) is 25.2 Å². The predicted molar refractivity (Wildman–Crippen MR) is 60.6 cm³/mol. The van der Waals surface area contributed by atoms with E-state index in [2.05, 4.69) is 15.3 Å². The third-order valence-electron chi connectivity index (χ3n) is 3.03. The van der Waals surface area contributed by atoms with Gasteiger partial charge in [-0.2, -0.15) is 0 Å². The van der Waals surface area contributed by atoms with Crippen LogP contribution < -0.4 is 11.1 Å². The van der Waals surface area contributed by atoms with E-state index in [4.69, 9.17) is 5.73 Å². The SMILES string of the molecule is CCc1ncnc(NCC2CC(N)C2)c1F. The summed E-state index contributed by atoms with van der Waals surface area (Å²) < 4.78 is 13.7. The molecule has 4 nitrogen and oxygen atoms in total. The van der Waals surface area contributed by atoms with Crippen molar-refractivity contribution in [2.45, 2.75) is 32.2 Å². The fraction of sp³-hybridized carbons (Fsp3) is 0.636. The molecule has 0 saturated heterocycles. The monoisotopic (exact) mass is 224 g/mol. The van der Waals surface area contributed by atoms with Crippen molar-refractivity contribution < 1.29 is 4.39 Å². The van der Waals surface area contributed by atoms with E-state index in [0.29, 0.717) is 29.9 Å². The average Bonchev–Trinajstić information content (AvgIpc) is 2.24. The number of rotatable bonds is 4. The van der Waals surface area contributed by atoms with Gasteiger partial charge in [-0.25, -0.2) is 14.4 Å². The zero-order chi connectivity index (χ0) is 11.5. The van der Waals surface area contributed by atoms with Crippen LogP contribution in [0.1, 0.15) is 25.5 Å². The first kappa shape index (κ1) is 11.3. The van der Waals surface area contributed by atoms with Crippen LogP contribution in [-0.4, -0.2) is 22.6 Å². The number of aromatic nitrogens is 2. The maximum absolute atomic E-state index is 13.7.